The Morgan fingerprint density at radius 3 is 2.38 bits per heavy atom. The molecular weight excluding hydrogens is 198 g/mol. The highest BCUT2D eigenvalue weighted by molar-refractivity contribution is 5.49. The van der Waals surface area contributed by atoms with Crippen LogP contribution in [0.4, 0.5) is 0 Å². The Hall–Kier alpha value is -1.31. The van der Waals surface area contributed by atoms with Gasteiger partial charge in [0, 0.05) is 5.56 Å². The lowest BCUT2D eigenvalue weighted by Crippen LogP contribution is -1.72. The standard InChI is InChI=1S/C10H13NO.C4H10/c1-4-8(2)5-6-10-9(3)7-11-12-10;1-3-4-2/h5-7H,2,4H2,1,3H3;3-4H2,1-2H3/b6-5-;. The molecule has 0 aliphatic carbocycles. The van der Waals surface area contributed by atoms with Crippen LogP contribution in [0.25, 0.3) is 6.08 Å². The fraction of sp³-hybridized carbons (Fsp3) is 0.500. The van der Waals surface area contributed by atoms with E-state index in [1.807, 2.05) is 19.1 Å². The van der Waals surface area contributed by atoms with Crippen molar-refractivity contribution in [1.29, 1.82) is 0 Å². The van der Waals surface area contributed by atoms with E-state index in [4.69, 9.17) is 4.52 Å². The third kappa shape index (κ3) is 6.23. The van der Waals surface area contributed by atoms with Crippen LogP contribution in [-0.4, -0.2) is 5.16 Å². The second-order valence-electron chi connectivity index (χ2n) is 3.72. The van der Waals surface area contributed by atoms with Crippen molar-refractivity contribution >= 4 is 6.08 Å². The number of unbranched alkanes of at least 4 members (excludes halogenated alkanes) is 1. The van der Waals surface area contributed by atoms with Crippen molar-refractivity contribution in [1.82, 2.24) is 5.16 Å². The first-order chi connectivity index (χ1) is 7.65. The highest BCUT2D eigenvalue weighted by Crippen LogP contribution is 2.10. The molecule has 0 saturated heterocycles. The predicted molar refractivity (Wildman–Crippen MR) is 70.3 cm³/mol. The summed E-state index contributed by atoms with van der Waals surface area (Å²) in [5, 5.41) is 3.67. The van der Waals surface area contributed by atoms with Gasteiger partial charge in [0.15, 0.2) is 5.76 Å². The van der Waals surface area contributed by atoms with Crippen molar-refractivity contribution in [2.45, 2.75) is 47.0 Å². The Labute approximate surface area is 99.0 Å². The summed E-state index contributed by atoms with van der Waals surface area (Å²) in [6.45, 7) is 12.2. The van der Waals surface area contributed by atoms with Gasteiger partial charge >= 0.3 is 0 Å². The van der Waals surface area contributed by atoms with Gasteiger partial charge in [-0.15, -0.1) is 0 Å². The van der Waals surface area contributed by atoms with E-state index in [-0.39, 0.29) is 0 Å². The minimum absolute atomic E-state index is 0.810. The largest absolute Gasteiger partial charge is 0.357 e. The maximum atomic E-state index is 4.98. The summed E-state index contributed by atoms with van der Waals surface area (Å²) in [6, 6.07) is 0. The fourth-order valence-electron chi connectivity index (χ4n) is 0.771. The number of hydrogen-bond donors (Lipinski definition) is 0. The molecule has 0 atom stereocenters. The lowest BCUT2D eigenvalue weighted by atomic mass is 10.2. The molecule has 0 radical (unpaired) electrons. The maximum Gasteiger partial charge on any atom is 0.162 e. The van der Waals surface area contributed by atoms with Gasteiger partial charge in [0.25, 0.3) is 0 Å². The molecule has 1 aromatic heterocycles. The van der Waals surface area contributed by atoms with Crippen LogP contribution < -0.4 is 0 Å². The van der Waals surface area contributed by atoms with Crippen molar-refractivity contribution in [2.75, 3.05) is 0 Å². The molecule has 0 bridgehead atoms. The first-order valence-corrected chi connectivity index (χ1v) is 5.92. The molecule has 0 spiro atoms. The number of allylic oxidation sites excluding steroid dienone is 2. The van der Waals surface area contributed by atoms with Crippen LogP contribution in [0.15, 0.2) is 28.9 Å². The first-order valence-electron chi connectivity index (χ1n) is 5.92. The molecule has 0 unspecified atom stereocenters. The topological polar surface area (TPSA) is 26.0 Å². The van der Waals surface area contributed by atoms with Crippen LogP contribution in [0, 0.1) is 6.92 Å². The van der Waals surface area contributed by atoms with Crippen molar-refractivity contribution in [3.05, 3.63) is 35.7 Å². The average Bonchev–Trinajstić information content (AvgIpc) is 2.72. The molecule has 1 rings (SSSR count). The number of aryl methyl sites for hydroxylation is 1. The van der Waals surface area contributed by atoms with E-state index in [0.29, 0.717) is 0 Å². The van der Waals surface area contributed by atoms with Gasteiger partial charge in [0.05, 0.1) is 6.20 Å². The average molecular weight is 221 g/mol. The molecule has 0 saturated carbocycles. The summed E-state index contributed by atoms with van der Waals surface area (Å²) in [6.07, 6.45) is 9.15. The Kier molecular flexibility index (Phi) is 8.22. The van der Waals surface area contributed by atoms with Gasteiger partial charge in [-0.05, 0) is 19.4 Å². The smallest absolute Gasteiger partial charge is 0.162 e. The zero-order valence-electron chi connectivity index (χ0n) is 10.9. The number of aromatic nitrogens is 1. The summed E-state index contributed by atoms with van der Waals surface area (Å²) in [5.41, 5.74) is 2.14. The number of nitrogens with zero attached hydrogens (tertiary/aromatic N) is 1. The molecule has 1 aromatic rings. The second-order valence-corrected chi connectivity index (χ2v) is 3.72. The molecule has 0 aliphatic heterocycles. The molecule has 0 fully saturated rings. The van der Waals surface area contributed by atoms with Crippen molar-refractivity contribution in [3.63, 3.8) is 0 Å². The normalized spacial score (nSPS) is 10.0. The molecule has 2 heteroatoms. The third-order valence-corrected chi connectivity index (χ3v) is 2.21. The quantitative estimate of drug-likeness (QED) is 0.684. The van der Waals surface area contributed by atoms with Crippen LogP contribution in [0.5, 0.6) is 0 Å². The molecule has 90 valence electrons. The Morgan fingerprint density at radius 1 is 1.38 bits per heavy atom. The SMILES string of the molecule is C=C(/C=C\c1oncc1C)CC.CCCC. The van der Waals surface area contributed by atoms with E-state index < -0.39 is 0 Å². The van der Waals surface area contributed by atoms with Crippen LogP contribution in [0.3, 0.4) is 0 Å². The van der Waals surface area contributed by atoms with Gasteiger partial charge in [0.2, 0.25) is 0 Å². The van der Waals surface area contributed by atoms with E-state index >= 15 is 0 Å². The van der Waals surface area contributed by atoms with Gasteiger partial charge in [0.1, 0.15) is 0 Å². The van der Waals surface area contributed by atoms with Gasteiger partial charge in [-0.3, -0.25) is 0 Å². The molecule has 1 heterocycles. The van der Waals surface area contributed by atoms with Gasteiger partial charge in [-0.2, -0.15) is 0 Å². The Balaban J connectivity index is 0.000000487. The molecule has 0 N–H and O–H groups in total. The van der Waals surface area contributed by atoms with E-state index in [2.05, 4.69) is 32.5 Å². The van der Waals surface area contributed by atoms with Crippen LogP contribution in [0.2, 0.25) is 0 Å². The van der Waals surface area contributed by atoms with Crippen molar-refractivity contribution in [2.24, 2.45) is 0 Å². The lowest BCUT2D eigenvalue weighted by Gasteiger charge is -1.90. The van der Waals surface area contributed by atoms with E-state index in [0.717, 1.165) is 23.3 Å². The first kappa shape index (κ1) is 14.7. The van der Waals surface area contributed by atoms with Gasteiger partial charge in [-0.1, -0.05) is 57.0 Å². The fourth-order valence-corrected chi connectivity index (χ4v) is 0.771. The van der Waals surface area contributed by atoms with Crippen LogP contribution in [-0.2, 0) is 0 Å². The molecule has 0 aliphatic rings. The Morgan fingerprint density at radius 2 is 2.00 bits per heavy atom. The molecule has 0 aromatic carbocycles. The van der Waals surface area contributed by atoms with Crippen LogP contribution >= 0.6 is 0 Å². The molecule has 0 amide bonds. The molecular formula is C14H23NO. The summed E-state index contributed by atoms with van der Waals surface area (Å²) >= 11 is 0. The van der Waals surface area contributed by atoms with Crippen molar-refractivity contribution in [3.8, 4) is 0 Å². The summed E-state index contributed by atoms with van der Waals surface area (Å²) in [5.74, 6) is 0.810. The molecule has 2 nitrogen and oxygen atoms in total. The highest BCUT2D eigenvalue weighted by Gasteiger charge is 1.96. The maximum absolute atomic E-state index is 4.98. The predicted octanol–water partition coefficient (Wildman–Crippen LogP) is 4.77. The van der Waals surface area contributed by atoms with Crippen LogP contribution in [0.1, 0.15) is 51.4 Å². The van der Waals surface area contributed by atoms with Crippen molar-refractivity contribution < 1.29 is 4.52 Å². The van der Waals surface area contributed by atoms with Gasteiger partial charge in [-0.25, -0.2) is 0 Å². The summed E-state index contributed by atoms with van der Waals surface area (Å²) in [7, 11) is 0. The minimum Gasteiger partial charge on any atom is -0.357 e. The highest BCUT2D eigenvalue weighted by atomic mass is 16.5. The summed E-state index contributed by atoms with van der Waals surface area (Å²) in [4.78, 5) is 0. The summed E-state index contributed by atoms with van der Waals surface area (Å²) < 4.78 is 4.98. The molecule has 16 heavy (non-hydrogen) atoms. The Bertz CT molecular complexity index is 321. The number of hydrogen-bond acceptors (Lipinski definition) is 2. The zero-order chi connectivity index (χ0) is 12.4. The van der Waals surface area contributed by atoms with E-state index in [9.17, 15) is 0 Å². The lowest BCUT2D eigenvalue weighted by molar-refractivity contribution is 0.412. The third-order valence-electron chi connectivity index (χ3n) is 2.21. The minimum atomic E-state index is 0.810. The number of rotatable bonds is 4. The second kappa shape index (κ2) is 8.96. The zero-order valence-corrected chi connectivity index (χ0v) is 10.9. The van der Waals surface area contributed by atoms with E-state index in [1.165, 1.54) is 12.8 Å². The van der Waals surface area contributed by atoms with Gasteiger partial charge < -0.3 is 4.52 Å². The monoisotopic (exact) mass is 221 g/mol. The van der Waals surface area contributed by atoms with E-state index in [1.54, 1.807) is 6.20 Å².